The Hall–Kier alpha value is -3.60. The Balaban J connectivity index is 1.34. The van der Waals surface area contributed by atoms with Crippen molar-refractivity contribution in [2.24, 2.45) is 5.73 Å². The smallest absolute Gasteiger partial charge is 0.269 e. The molecule has 3 aromatic carbocycles. The number of ketones is 1. The molecule has 0 saturated carbocycles. The predicted octanol–water partition coefficient (Wildman–Crippen LogP) is 3.70. The van der Waals surface area contributed by atoms with E-state index >= 15 is 0 Å². The molecule has 0 bridgehead atoms. The van der Waals surface area contributed by atoms with Crippen LogP contribution in [0.1, 0.15) is 22.0 Å². The van der Waals surface area contributed by atoms with E-state index in [0.717, 1.165) is 29.8 Å². The molecule has 1 aliphatic rings. The van der Waals surface area contributed by atoms with Gasteiger partial charge in [-0.15, -0.1) is 0 Å². The lowest BCUT2D eigenvalue weighted by atomic mass is 9.99. The van der Waals surface area contributed by atoms with Crippen LogP contribution in [0, 0.1) is 0 Å². The number of morpholine rings is 1. The maximum Gasteiger partial charge on any atom is 0.269 e. The van der Waals surface area contributed by atoms with Crippen LogP contribution in [0.15, 0.2) is 71.7 Å². The highest BCUT2D eigenvalue weighted by Gasteiger charge is 2.20. The van der Waals surface area contributed by atoms with E-state index in [9.17, 15) is 14.4 Å². The quantitative estimate of drug-likeness (QED) is 0.287. The predicted molar refractivity (Wildman–Crippen MR) is 159 cm³/mol. The van der Waals surface area contributed by atoms with E-state index in [1.807, 2.05) is 30.3 Å². The normalized spacial score (nSPS) is 14.7. The number of primary amides is 1. The van der Waals surface area contributed by atoms with E-state index in [4.69, 9.17) is 33.7 Å². The van der Waals surface area contributed by atoms with Gasteiger partial charge in [0, 0.05) is 31.2 Å². The molecule has 1 saturated heterocycles. The van der Waals surface area contributed by atoms with Crippen LogP contribution in [0.25, 0.3) is 22.2 Å². The molecule has 212 valence electrons. The van der Waals surface area contributed by atoms with E-state index < -0.39 is 11.5 Å². The van der Waals surface area contributed by atoms with E-state index in [1.54, 1.807) is 30.3 Å². The van der Waals surface area contributed by atoms with Gasteiger partial charge < -0.3 is 15.8 Å². The van der Waals surface area contributed by atoms with E-state index in [-0.39, 0.29) is 29.9 Å². The zero-order valence-electron chi connectivity index (χ0n) is 22.2. The van der Waals surface area contributed by atoms with E-state index in [1.165, 1.54) is 10.8 Å². The maximum absolute atomic E-state index is 13.1. The first kappa shape index (κ1) is 28.9. The number of nitrogens with zero attached hydrogens (tertiary/aromatic N) is 3. The summed E-state index contributed by atoms with van der Waals surface area (Å²) in [5.41, 5.74) is 9.26. The van der Waals surface area contributed by atoms with Crippen LogP contribution in [0.3, 0.4) is 0 Å². The summed E-state index contributed by atoms with van der Waals surface area (Å²) in [6.45, 7) is 3.51. The fraction of sp³-hybridized carbons (Fsp3) is 0.267. The first-order chi connectivity index (χ1) is 19.8. The maximum atomic E-state index is 13.1. The summed E-state index contributed by atoms with van der Waals surface area (Å²) in [7, 11) is 0. The Morgan fingerprint density at radius 3 is 2.46 bits per heavy atom. The zero-order chi connectivity index (χ0) is 28.9. The van der Waals surface area contributed by atoms with Crippen molar-refractivity contribution >= 4 is 45.9 Å². The molecule has 1 amide bonds. The number of nitrogens with two attached hydrogens (primary N) is 1. The average molecular weight is 594 g/mol. The molecular weight excluding hydrogens is 565 g/mol. The fourth-order valence-corrected chi connectivity index (χ4v) is 5.20. The van der Waals surface area contributed by atoms with Gasteiger partial charge in [0.2, 0.25) is 5.91 Å². The van der Waals surface area contributed by atoms with E-state index in [0.29, 0.717) is 41.4 Å². The number of hydrogen-bond donors (Lipinski definition) is 2. The summed E-state index contributed by atoms with van der Waals surface area (Å²) >= 11 is 12.3. The van der Waals surface area contributed by atoms with Crippen LogP contribution >= 0.6 is 23.2 Å². The molecule has 1 aliphatic heterocycles. The van der Waals surface area contributed by atoms with Gasteiger partial charge in [-0.05, 0) is 41.0 Å². The summed E-state index contributed by atoms with van der Waals surface area (Å²) in [5, 5.41) is 4.00. The minimum absolute atomic E-state index is 0.0506. The van der Waals surface area contributed by atoms with Gasteiger partial charge >= 0.3 is 0 Å². The van der Waals surface area contributed by atoms with Crippen molar-refractivity contribution in [2.45, 2.75) is 12.6 Å². The lowest BCUT2D eigenvalue weighted by molar-refractivity contribution is -0.119. The van der Waals surface area contributed by atoms with Gasteiger partial charge in [0.25, 0.3) is 5.56 Å². The molecule has 0 spiro atoms. The second kappa shape index (κ2) is 12.9. The summed E-state index contributed by atoms with van der Waals surface area (Å²) in [6.07, 6.45) is 1.18. The number of halogens is 2. The van der Waals surface area contributed by atoms with Gasteiger partial charge in [0.1, 0.15) is 0 Å². The van der Waals surface area contributed by atoms with E-state index in [2.05, 4.69) is 15.2 Å². The number of carbonyl (C=O) groups excluding carboxylic acids is 2. The van der Waals surface area contributed by atoms with Crippen LogP contribution in [-0.4, -0.2) is 65.5 Å². The highest BCUT2D eigenvalue weighted by Crippen LogP contribution is 2.26. The molecule has 2 heterocycles. The highest BCUT2D eigenvalue weighted by atomic mass is 35.5. The molecular formula is C30H29Cl2N5O4. The number of benzene rings is 3. The van der Waals surface area contributed by atoms with Crippen molar-refractivity contribution in [2.75, 3.05) is 39.4 Å². The van der Waals surface area contributed by atoms with Crippen LogP contribution in [0.5, 0.6) is 0 Å². The van der Waals surface area contributed by atoms with Crippen LogP contribution in [-0.2, 0) is 16.1 Å². The second-order valence-corrected chi connectivity index (χ2v) is 10.7. The lowest BCUT2D eigenvalue weighted by Gasteiger charge is -2.31. The van der Waals surface area contributed by atoms with Crippen LogP contribution < -0.4 is 16.6 Å². The van der Waals surface area contributed by atoms with Gasteiger partial charge in [-0.2, -0.15) is 0 Å². The van der Waals surface area contributed by atoms with Crippen LogP contribution in [0.2, 0.25) is 10.0 Å². The minimum Gasteiger partial charge on any atom is -0.379 e. The Kier molecular flexibility index (Phi) is 9.12. The van der Waals surface area contributed by atoms with Gasteiger partial charge in [-0.25, -0.2) is 4.98 Å². The number of rotatable bonds is 10. The molecule has 3 N–H and O–H groups in total. The molecule has 1 fully saturated rings. The first-order valence-corrected chi connectivity index (χ1v) is 13.9. The standard InChI is InChI=1S/C30H29Cl2N5O4/c31-24-13-26-28(14-25(24)32)37(29(39)16-35-26)17-23(38)15-34-27(18-36-8-10-41-11-9-36)20-6-4-19(5-7-20)21-2-1-3-22(12-21)30(33)40/h1-7,12-14,16,27,34H,8-11,15,17-18H2,(H2,33,40). The molecule has 9 nitrogen and oxygen atoms in total. The Morgan fingerprint density at radius 1 is 1.00 bits per heavy atom. The molecule has 41 heavy (non-hydrogen) atoms. The summed E-state index contributed by atoms with van der Waals surface area (Å²) in [4.78, 5) is 43.8. The number of nitrogens with one attached hydrogen (secondary N) is 1. The fourth-order valence-electron chi connectivity index (χ4n) is 4.88. The third-order valence-electron chi connectivity index (χ3n) is 7.11. The Bertz CT molecular complexity index is 1630. The summed E-state index contributed by atoms with van der Waals surface area (Å²) in [5.74, 6) is -0.644. The van der Waals surface area contributed by atoms with Gasteiger partial charge in [-0.1, -0.05) is 59.6 Å². The zero-order valence-corrected chi connectivity index (χ0v) is 23.7. The highest BCUT2D eigenvalue weighted by molar-refractivity contribution is 6.42. The Labute approximate surface area is 246 Å². The van der Waals surface area contributed by atoms with Crippen molar-refractivity contribution in [1.82, 2.24) is 19.8 Å². The second-order valence-electron chi connectivity index (χ2n) is 9.89. The lowest BCUT2D eigenvalue weighted by Crippen LogP contribution is -2.43. The molecule has 0 radical (unpaired) electrons. The molecule has 1 aromatic heterocycles. The number of Topliss-reactive ketones (excluding diaryl/α,β-unsaturated/α-hetero) is 1. The summed E-state index contributed by atoms with van der Waals surface area (Å²) in [6, 6.07) is 18.2. The SMILES string of the molecule is NC(=O)c1cccc(-c2ccc(C(CN3CCOCC3)NCC(=O)Cn3c(=O)cnc4cc(Cl)c(Cl)cc43)cc2)c1. The molecule has 11 heteroatoms. The van der Waals surface area contributed by atoms with Crippen molar-refractivity contribution in [3.63, 3.8) is 0 Å². The third kappa shape index (κ3) is 7.01. The first-order valence-electron chi connectivity index (χ1n) is 13.2. The molecule has 5 rings (SSSR count). The topological polar surface area (TPSA) is 120 Å². The van der Waals surface area contributed by atoms with Crippen molar-refractivity contribution in [1.29, 1.82) is 0 Å². The van der Waals surface area contributed by atoms with Gasteiger partial charge in [0.05, 0.1) is 53.6 Å². The average Bonchev–Trinajstić information content (AvgIpc) is 2.98. The number of ether oxygens (including phenoxy) is 1. The largest absolute Gasteiger partial charge is 0.379 e. The third-order valence-corrected chi connectivity index (χ3v) is 7.83. The minimum atomic E-state index is -0.475. The summed E-state index contributed by atoms with van der Waals surface area (Å²) < 4.78 is 6.86. The molecule has 1 unspecified atom stereocenters. The molecule has 4 aromatic rings. The number of aromatic nitrogens is 2. The van der Waals surface area contributed by atoms with Crippen molar-refractivity contribution < 1.29 is 14.3 Å². The van der Waals surface area contributed by atoms with Gasteiger partial charge in [-0.3, -0.25) is 23.9 Å². The van der Waals surface area contributed by atoms with Crippen LogP contribution in [0.4, 0.5) is 0 Å². The van der Waals surface area contributed by atoms with Crippen molar-refractivity contribution in [3.8, 4) is 11.1 Å². The number of fused-ring (bicyclic) bond motifs is 1. The molecule has 0 aliphatic carbocycles. The monoisotopic (exact) mass is 593 g/mol. The van der Waals surface area contributed by atoms with Gasteiger partial charge in [0.15, 0.2) is 5.78 Å². The number of amides is 1. The molecule has 1 atom stereocenters. The number of hydrogen-bond acceptors (Lipinski definition) is 7. The number of carbonyl (C=O) groups is 2. The van der Waals surface area contributed by atoms with Crippen molar-refractivity contribution in [3.05, 3.63) is 98.4 Å². The Morgan fingerprint density at radius 2 is 1.73 bits per heavy atom.